The van der Waals surface area contributed by atoms with Crippen molar-refractivity contribution in [2.75, 3.05) is 6.54 Å². The minimum Gasteiger partial charge on any atom is -0.327 e. The van der Waals surface area contributed by atoms with Gasteiger partial charge >= 0.3 is 0 Å². The molecule has 0 spiro atoms. The van der Waals surface area contributed by atoms with E-state index in [1.165, 1.54) is 37.7 Å². The fourth-order valence-corrected chi connectivity index (χ4v) is 2.53. The molecular formula is C13H21N3. The maximum absolute atomic E-state index is 5.87. The Morgan fingerprint density at radius 1 is 1.50 bits per heavy atom. The molecule has 0 amide bonds. The first kappa shape index (κ1) is 11.4. The number of rotatable bonds is 3. The monoisotopic (exact) mass is 219 g/mol. The summed E-state index contributed by atoms with van der Waals surface area (Å²) in [4.78, 5) is 0. The van der Waals surface area contributed by atoms with Crippen molar-refractivity contribution in [3.05, 3.63) is 23.5 Å². The fourth-order valence-electron chi connectivity index (χ4n) is 2.53. The first-order valence-electron chi connectivity index (χ1n) is 6.20. The van der Waals surface area contributed by atoms with Gasteiger partial charge in [0.05, 0.1) is 5.69 Å². The molecule has 16 heavy (non-hydrogen) atoms. The van der Waals surface area contributed by atoms with Gasteiger partial charge in [-0.2, -0.15) is 5.10 Å². The third kappa shape index (κ3) is 2.53. The summed E-state index contributed by atoms with van der Waals surface area (Å²) in [6.07, 6.45) is 10.8. The highest BCUT2D eigenvalue weighted by Gasteiger charge is 2.17. The molecule has 2 rings (SSSR count). The first-order chi connectivity index (χ1) is 7.81. The molecule has 1 aliphatic rings. The van der Waals surface area contributed by atoms with E-state index < -0.39 is 0 Å². The molecular weight excluding hydrogens is 198 g/mol. The molecule has 0 atom stereocenters. The van der Waals surface area contributed by atoms with Crippen LogP contribution in [0, 0.1) is 5.92 Å². The number of hydrogen-bond acceptors (Lipinski definition) is 2. The lowest BCUT2D eigenvalue weighted by Gasteiger charge is -2.23. The number of aromatic nitrogens is 2. The number of hydrogen-bond donors (Lipinski definition) is 1. The van der Waals surface area contributed by atoms with E-state index in [9.17, 15) is 0 Å². The largest absolute Gasteiger partial charge is 0.327 e. The van der Waals surface area contributed by atoms with Crippen LogP contribution >= 0.6 is 0 Å². The number of aryl methyl sites for hydroxylation is 1. The second-order valence-corrected chi connectivity index (χ2v) is 4.64. The zero-order valence-corrected chi connectivity index (χ0v) is 10.0. The second kappa shape index (κ2) is 5.30. The van der Waals surface area contributed by atoms with Gasteiger partial charge in [0, 0.05) is 19.8 Å². The Morgan fingerprint density at radius 3 is 2.81 bits per heavy atom. The lowest BCUT2D eigenvalue weighted by atomic mass is 9.83. The number of nitrogens with two attached hydrogens (primary N) is 1. The average molecular weight is 219 g/mol. The van der Waals surface area contributed by atoms with Crippen molar-refractivity contribution in [1.82, 2.24) is 9.78 Å². The van der Waals surface area contributed by atoms with Crippen molar-refractivity contribution in [2.24, 2.45) is 18.7 Å². The van der Waals surface area contributed by atoms with Crippen LogP contribution in [0.4, 0.5) is 0 Å². The molecule has 0 unspecified atom stereocenters. The summed E-state index contributed by atoms with van der Waals surface area (Å²) in [5.74, 6) is 0.702. The van der Waals surface area contributed by atoms with Gasteiger partial charge in [-0.15, -0.1) is 0 Å². The van der Waals surface area contributed by atoms with Gasteiger partial charge in [0.1, 0.15) is 0 Å². The summed E-state index contributed by atoms with van der Waals surface area (Å²) >= 11 is 0. The van der Waals surface area contributed by atoms with Crippen LogP contribution in [0.3, 0.4) is 0 Å². The van der Waals surface area contributed by atoms with Crippen LogP contribution in [-0.2, 0) is 7.05 Å². The van der Waals surface area contributed by atoms with Crippen molar-refractivity contribution in [2.45, 2.75) is 32.1 Å². The summed E-state index contributed by atoms with van der Waals surface area (Å²) in [6.45, 7) is 0.676. The SMILES string of the molecule is Cn1nccc1/C=C(/CN)C1CCCCC1. The van der Waals surface area contributed by atoms with Gasteiger partial charge in [-0.25, -0.2) is 0 Å². The molecule has 1 aliphatic carbocycles. The van der Waals surface area contributed by atoms with Crippen molar-refractivity contribution < 1.29 is 0 Å². The molecule has 0 aliphatic heterocycles. The highest BCUT2D eigenvalue weighted by molar-refractivity contribution is 5.50. The van der Waals surface area contributed by atoms with E-state index in [0.29, 0.717) is 12.5 Å². The molecule has 1 saturated carbocycles. The van der Waals surface area contributed by atoms with Gasteiger partial charge in [-0.1, -0.05) is 24.8 Å². The van der Waals surface area contributed by atoms with E-state index in [1.54, 1.807) is 0 Å². The third-order valence-corrected chi connectivity index (χ3v) is 3.56. The van der Waals surface area contributed by atoms with E-state index in [2.05, 4.69) is 11.2 Å². The summed E-state index contributed by atoms with van der Waals surface area (Å²) in [6, 6.07) is 2.04. The Kier molecular flexibility index (Phi) is 3.78. The highest BCUT2D eigenvalue weighted by atomic mass is 15.2. The van der Waals surface area contributed by atoms with Gasteiger partial charge < -0.3 is 5.73 Å². The molecule has 1 fully saturated rings. The Labute approximate surface area is 97.3 Å². The maximum atomic E-state index is 5.87. The summed E-state index contributed by atoms with van der Waals surface area (Å²) < 4.78 is 1.90. The fraction of sp³-hybridized carbons (Fsp3) is 0.615. The Morgan fingerprint density at radius 2 is 2.25 bits per heavy atom. The predicted octanol–water partition coefficient (Wildman–Crippen LogP) is 2.34. The van der Waals surface area contributed by atoms with Crippen LogP contribution in [-0.4, -0.2) is 16.3 Å². The minimum absolute atomic E-state index is 0.676. The van der Waals surface area contributed by atoms with Gasteiger partial charge in [0.15, 0.2) is 0 Å². The van der Waals surface area contributed by atoms with Crippen LogP contribution in [0.1, 0.15) is 37.8 Å². The van der Waals surface area contributed by atoms with Crippen LogP contribution < -0.4 is 5.73 Å². The van der Waals surface area contributed by atoms with Crippen LogP contribution in [0.2, 0.25) is 0 Å². The Hall–Kier alpha value is -1.09. The lowest BCUT2D eigenvalue weighted by molar-refractivity contribution is 0.401. The number of nitrogens with zero attached hydrogens (tertiary/aromatic N) is 2. The van der Waals surface area contributed by atoms with Crippen LogP contribution in [0.25, 0.3) is 6.08 Å². The van der Waals surface area contributed by atoms with E-state index >= 15 is 0 Å². The third-order valence-electron chi connectivity index (χ3n) is 3.56. The molecule has 0 bridgehead atoms. The maximum Gasteiger partial charge on any atom is 0.0606 e. The van der Waals surface area contributed by atoms with E-state index in [-0.39, 0.29) is 0 Å². The molecule has 0 saturated heterocycles. The topological polar surface area (TPSA) is 43.8 Å². The van der Waals surface area contributed by atoms with Crippen molar-refractivity contribution in [3.8, 4) is 0 Å². The second-order valence-electron chi connectivity index (χ2n) is 4.64. The van der Waals surface area contributed by atoms with Crippen molar-refractivity contribution in [3.63, 3.8) is 0 Å². The van der Waals surface area contributed by atoms with Gasteiger partial charge in [-0.05, 0) is 30.9 Å². The molecule has 0 aromatic carbocycles. The summed E-state index contributed by atoms with van der Waals surface area (Å²) in [5.41, 5.74) is 8.42. The smallest absolute Gasteiger partial charge is 0.0606 e. The van der Waals surface area contributed by atoms with Gasteiger partial charge in [0.2, 0.25) is 0 Å². The van der Waals surface area contributed by atoms with Crippen LogP contribution in [0.5, 0.6) is 0 Å². The quantitative estimate of drug-likeness (QED) is 0.848. The molecule has 88 valence electrons. The molecule has 1 aromatic rings. The zero-order chi connectivity index (χ0) is 11.4. The van der Waals surface area contributed by atoms with Crippen molar-refractivity contribution in [1.29, 1.82) is 0 Å². The molecule has 0 radical (unpaired) electrons. The van der Waals surface area contributed by atoms with Gasteiger partial charge in [-0.3, -0.25) is 4.68 Å². The lowest BCUT2D eigenvalue weighted by Crippen LogP contribution is -2.16. The molecule has 1 heterocycles. The summed E-state index contributed by atoms with van der Waals surface area (Å²) in [7, 11) is 1.97. The highest BCUT2D eigenvalue weighted by Crippen LogP contribution is 2.30. The Bertz CT molecular complexity index is 359. The van der Waals surface area contributed by atoms with Crippen LogP contribution in [0.15, 0.2) is 17.8 Å². The standard InChI is InChI=1S/C13H21N3/c1-16-13(7-8-15-16)9-12(10-14)11-5-3-2-4-6-11/h7-9,11H,2-6,10,14H2,1H3/b12-9-. The predicted molar refractivity (Wildman–Crippen MR) is 66.8 cm³/mol. The van der Waals surface area contributed by atoms with E-state index in [0.717, 1.165) is 5.69 Å². The minimum atomic E-state index is 0.676. The molecule has 3 nitrogen and oxygen atoms in total. The average Bonchev–Trinajstić information content (AvgIpc) is 2.73. The van der Waals surface area contributed by atoms with Crippen molar-refractivity contribution >= 4 is 6.08 Å². The van der Waals surface area contributed by atoms with E-state index in [1.807, 2.05) is 24.0 Å². The zero-order valence-electron chi connectivity index (χ0n) is 10.0. The Balaban J connectivity index is 2.14. The van der Waals surface area contributed by atoms with E-state index in [4.69, 9.17) is 5.73 Å². The first-order valence-corrected chi connectivity index (χ1v) is 6.20. The molecule has 2 N–H and O–H groups in total. The normalized spacial score (nSPS) is 19.0. The molecule has 3 heteroatoms. The molecule has 1 aromatic heterocycles. The summed E-state index contributed by atoms with van der Waals surface area (Å²) in [5, 5.41) is 4.18. The van der Waals surface area contributed by atoms with Gasteiger partial charge in [0.25, 0.3) is 0 Å².